The number of ether oxygens (including phenoxy) is 1. The number of likely N-dealkylation sites (tertiary alicyclic amines) is 1. The number of aromatic nitrogens is 1. The molecule has 208 valence electrons. The lowest BCUT2D eigenvalue weighted by molar-refractivity contribution is -0.148. The summed E-state index contributed by atoms with van der Waals surface area (Å²) in [4.78, 5) is 41.6. The molecule has 1 saturated heterocycles. The van der Waals surface area contributed by atoms with Gasteiger partial charge in [0.2, 0.25) is 5.89 Å². The van der Waals surface area contributed by atoms with E-state index in [1.165, 1.54) is 30.7 Å². The number of benzene rings is 1. The quantitative estimate of drug-likeness (QED) is 0.283. The van der Waals surface area contributed by atoms with Crippen molar-refractivity contribution in [2.75, 3.05) is 20.2 Å². The van der Waals surface area contributed by atoms with Gasteiger partial charge in [0.25, 0.3) is 17.7 Å². The van der Waals surface area contributed by atoms with Crippen LogP contribution in [0.3, 0.4) is 0 Å². The van der Waals surface area contributed by atoms with Gasteiger partial charge in [-0.15, -0.1) is 11.3 Å². The minimum Gasteiger partial charge on any atom is -0.469 e. The molecule has 0 saturated carbocycles. The predicted octanol–water partition coefficient (Wildman–Crippen LogP) is 5.18. The summed E-state index contributed by atoms with van der Waals surface area (Å²) in [6.07, 6.45) is 0.854. The fourth-order valence-electron chi connectivity index (χ4n) is 4.17. The molecule has 1 unspecified atom stereocenters. The maximum Gasteiger partial charge on any atom is 0.358 e. The van der Waals surface area contributed by atoms with Gasteiger partial charge in [-0.3, -0.25) is 14.4 Å². The molecule has 39 heavy (non-hydrogen) atoms. The second-order valence-corrected chi connectivity index (χ2v) is 9.99. The molecule has 2 aromatic heterocycles. The number of alkyl halides is 4. The average Bonchev–Trinajstić information content (AvgIpc) is 3.63. The van der Waals surface area contributed by atoms with Crippen molar-refractivity contribution in [1.82, 2.24) is 15.2 Å². The first-order valence-corrected chi connectivity index (χ1v) is 12.9. The van der Waals surface area contributed by atoms with E-state index in [4.69, 9.17) is 4.42 Å². The molecule has 3 aromatic rings. The van der Waals surface area contributed by atoms with Crippen molar-refractivity contribution in [3.8, 4) is 11.5 Å². The second kappa shape index (κ2) is 11.6. The Morgan fingerprint density at radius 1 is 1.23 bits per heavy atom. The van der Waals surface area contributed by atoms with E-state index in [0.717, 1.165) is 28.6 Å². The average molecular weight is 568 g/mol. The number of methoxy groups -OCH3 is 1. The van der Waals surface area contributed by atoms with E-state index in [9.17, 15) is 31.9 Å². The monoisotopic (exact) mass is 567 g/mol. The van der Waals surface area contributed by atoms with Crippen LogP contribution in [0.4, 0.5) is 17.6 Å². The molecule has 4 rings (SSSR count). The first-order valence-electron chi connectivity index (χ1n) is 12.0. The Balaban J connectivity index is 1.50. The molecule has 0 spiro atoms. The number of piperidine rings is 1. The minimum absolute atomic E-state index is 0.00357. The number of nitrogens with zero attached hydrogens (tertiary/aromatic N) is 2. The summed E-state index contributed by atoms with van der Waals surface area (Å²) in [6, 6.07) is 7.79. The van der Waals surface area contributed by atoms with Gasteiger partial charge in [-0.25, -0.2) is 13.8 Å². The van der Waals surface area contributed by atoms with Gasteiger partial charge in [0.05, 0.1) is 24.6 Å². The maximum atomic E-state index is 14.7. The number of nitrogens with one attached hydrogen (secondary N) is 1. The number of hydrogen-bond donors (Lipinski definition) is 1. The molecular weight excluding hydrogens is 542 g/mol. The molecule has 1 N–H and O–H groups in total. The number of rotatable bonds is 9. The van der Waals surface area contributed by atoms with Gasteiger partial charge in [0, 0.05) is 24.9 Å². The Labute approximate surface area is 225 Å². The molecule has 3 heterocycles. The van der Waals surface area contributed by atoms with Crippen molar-refractivity contribution < 1.29 is 41.1 Å². The SMILES string of the molecule is COC(=O)CCC(NC(=O)C(F)(F)c1cccs1)c1ccc(-c2nc(C(=O)N3CCCC(F)(F)C3)co2)cc1. The third-order valence-corrected chi connectivity index (χ3v) is 7.19. The van der Waals surface area contributed by atoms with Crippen LogP contribution < -0.4 is 5.32 Å². The fraction of sp³-hybridized carbons (Fsp3) is 0.385. The molecule has 0 radical (unpaired) electrons. The van der Waals surface area contributed by atoms with E-state index in [1.54, 1.807) is 12.1 Å². The lowest BCUT2D eigenvalue weighted by Gasteiger charge is -2.31. The smallest absolute Gasteiger partial charge is 0.358 e. The lowest BCUT2D eigenvalue weighted by atomic mass is 10.00. The number of thiophene rings is 1. The zero-order valence-corrected chi connectivity index (χ0v) is 21.6. The summed E-state index contributed by atoms with van der Waals surface area (Å²) in [5.74, 6) is -9.42. The topological polar surface area (TPSA) is 102 Å². The van der Waals surface area contributed by atoms with Gasteiger partial charge in [0.15, 0.2) is 5.69 Å². The number of oxazole rings is 1. The Kier molecular flexibility index (Phi) is 8.38. The number of carbonyl (C=O) groups excluding carboxylic acids is 3. The highest BCUT2D eigenvalue weighted by molar-refractivity contribution is 7.10. The van der Waals surface area contributed by atoms with Crippen molar-refractivity contribution in [2.24, 2.45) is 0 Å². The summed E-state index contributed by atoms with van der Waals surface area (Å²) in [5, 5.41) is 3.76. The normalized spacial score (nSPS) is 16.0. The standard InChI is InChI=1S/C26H25F4N3O5S/c1-37-21(34)10-9-18(32-24(36)26(29,30)20-4-2-13-39-20)16-5-7-17(8-6-16)22-31-19(14-38-22)23(35)33-12-3-11-25(27,28)15-33/h2,4-8,13-14,18H,3,9-12,15H2,1H3,(H,32,36). The molecule has 0 aliphatic carbocycles. The summed E-state index contributed by atoms with van der Waals surface area (Å²) in [6.45, 7) is -0.498. The van der Waals surface area contributed by atoms with Gasteiger partial charge in [-0.2, -0.15) is 8.78 Å². The summed E-state index contributed by atoms with van der Waals surface area (Å²) in [7, 11) is 1.20. The van der Waals surface area contributed by atoms with Crippen molar-refractivity contribution >= 4 is 29.1 Å². The van der Waals surface area contributed by atoms with Gasteiger partial charge in [-0.1, -0.05) is 18.2 Å². The van der Waals surface area contributed by atoms with Crippen molar-refractivity contribution in [3.63, 3.8) is 0 Å². The fourth-order valence-corrected chi connectivity index (χ4v) is 4.87. The molecule has 1 aromatic carbocycles. The first-order chi connectivity index (χ1) is 18.5. The molecule has 1 aliphatic rings. The largest absolute Gasteiger partial charge is 0.469 e. The van der Waals surface area contributed by atoms with Crippen molar-refractivity contribution in [2.45, 2.75) is 43.6 Å². The second-order valence-electron chi connectivity index (χ2n) is 9.04. The van der Waals surface area contributed by atoms with Crippen molar-refractivity contribution in [3.05, 3.63) is 64.2 Å². The molecule has 2 amide bonds. The van der Waals surface area contributed by atoms with Crippen LogP contribution in [0, 0.1) is 0 Å². The summed E-state index contributed by atoms with van der Waals surface area (Å²) >= 11 is 0.749. The van der Waals surface area contributed by atoms with E-state index in [2.05, 4.69) is 15.0 Å². The van der Waals surface area contributed by atoms with E-state index in [-0.39, 0.29) is 43.8 Å². The number of esters is 1. The Bertz CT molecular complexity index is 1310. The zero-order valence-electron chi connectivity index (χ0n) is 20.8. The molecule has 1 fully saturated rings. The third kappa shape index (κ3) is 6.64. The van der Waals surface area contributed by atoms with E-state index in [1.807, 2.05) is 0 Å². The number of halogens is 4. The van der Waals surface area contributed by atoms with E-state index in [0.29, 0.717) is 11.1 Å². The van der Waals surface area contributed by atoms with Crippen LogP contribution >= 0.6 is 11.3 Å². The van der Waals surface area contributed by atoms with Crippen molar-refractivity contribution in [1.29, 1.82) is 0 Å². The van der Waals surface area contributed by atoms with Crippen LogP contribution in [0.5, 0.6) is 0 Å². The van der Waals surface area contributed by atoms with Gasteiger partial charge >= 0.3 is 11.9 Å². The van der Waals surface area contributed by atoms with Gasteiger partial charge < -0.3 is 19.4 Å². The maximum absolute atomic E-state index is 14.7. The number of carbonyl (C=O) groups is 3. The number of hydrogen-bond acceptors (Lipinski definition) is 7. The summed E-state index contributed by atoms with van der Waals surface area (Å²) in [5.41, 5.74) is 0.728. The lowest BCUT2D eigenvalue weighted by Crippen LogP contribution is -2.45. The van der Waals surface area contributed by atoms with Gasteiger partial charge in [-0.05, 0) is 42.0 Å². The van der Waals surface area contributed by atoms with Crippen LogP contribution in [-0.4, -0.2) is 53.8 Å². The highest BCUT2D eigenvalue weighted by atomic mass is 32.1. The first kappa shape index (κ1) is 28.3. The molecule has 1 atom stereocenters. The van der Waals surface area contributed by atoms with Gasteiger partial charge in [0.1, 0.15) is 6.26 Å². The van der Waals surface area contributed by atoms with Crippen LogP contribution in [0.1, 0.15) is 52.7 Å². The van der Waals surface area contributed by atoms with Crippen LogP contribution in [0.2, 0.25) is 0 Å². The zero-order chi connectivity index (χ0) is 28.2. The highest BCUT2D eigenvalue weighted by Gasteiger charge is 2.43. The molecule has 8 nitrogen and oxygen atoms in total. The molecular formula is C26H25F4N3O5S. The Hall–Kier alpha value is -3.74. The highest BCUT2D eigenvalue weighted by Crippen LogP contribution is 2.34. The summed E-state index contributed by atoms with van der Waals surface area (Å²) < 4.78 is 66.8. The third-order valence-electron chi connectivity index (χ3n) is 6.25. The van der Waals surface area contributed by atoms with Crippen LogP contribution in [0.15, 0.2) is 52.5 Å². The molecule has 0 bridgehead atoms. The molecule has 13 heteroatoms. The Morgan fingerprint density at radius 3 is 2.62 bits per heavy atom. The van der Waals surface area contributed by atoms with Crippen LogP contribution in [0.25, 0.3) is 11.5 Å². The Morgan fingerprint density at radius 2 is 1.97 bits per heavy atom. The minimum atomic E-state index is -3.77. The predicted molar refractivity (Wildman–Crippen MR) is 132 cm³/mol. The number of amides is 2. The van der Waals surface area contributed by atoms with Crippen LogP contribution in [-0.2, 0) is 20.2 Å². The van der Waals surface area contributed by atoms with E-state index >= 15 is 0 Å². The molecule has 1 aliphatic heterocycles. The van der Waals surface area contributed by atoms with E-state index < -0.39 is 47.1 Å².